The zero-order chi connectivity index (χ0) is 13.1. The van der Waals surface area contributed by atoms with E-state index < -0.39 is 11.6 Å². The summed E-state index contributed by atoms with van der Waals surface area (Å²) in [5.41, 5.74) is 0.655. The first kappa shape index (κ1) is 12.8. The highest BCUT2D eigenvalue weighted by Gasteiger charge is 2.09. The number of benzene rings is 2. The lowest BCUT2D eigenvalue weighted by molar-refractivity contribution is 0.465. The summed E-state index contributed by atoms with van der Waals surface area (Å²) < 4.78 is 26.9. The van der Waals surface area contributed by atoms with Crippen molar-refractivity contribution in [1.82, 2.24) is 0 Å². The average molecular weight is 314 g/mol. The van der Waals surface area contributed by atoms with Gasteiger partial charge in [0, 0.05) is 12.1 Å². The van der Waals surface area contributed by atoms with Crippen LogP contribution in [0.15, 0.2) is 40.9 Å². The molecule has 2 aromatic carbocycles. The third-order valence-corrected chi connectivity index (χ3v) is 3.13. The first-order valence-corrected chi connectivity index (χ1v) is 6.03. The number of nitrogens with one attached hydrogen (secondary N) is 1. The van der Waals surface area contributed by atoms with Gasteiger partial charge in [-0.2, -0.15) is 0 Å². The lowest BCUT2D eigenvalue weighted by Gasteiger charge is -2.10. The van der Waals surface area contributed by atoms with E-state index in [2.05, 4.69) is 21.2 Å². The lowest BCUT2D eigenvalue weighted by atomic mass is 10.2. The number of para-hydroxylation sites is 1. The molecule has 0 aliphatic heterocycles. The van der Waals surface area contributed by atoms with Gasteiger partial charge in [-0.1, -0.05) is 18.2 Å². The molecule has 0 fully saturated rings. The molecule has 0 saturated carbocycles. The fourth-order valence-corrected chi connectivity index (χ4v) is 1.94. The molecule has 2 rings (SSSR count). The molecule has 18 heavy (non-hydrogen) atoms. The normalized spacial score (nSPS) is 10.4. The summed E-state index contributed by atoms with van der Waals surface area (Å²) in [6.45, 7) is 0.200. The molecule has 0 unspecified atom stereocenters. The van der Waals surface area contributed by atoms with Gasteiger partial charge >= 0.3 is 0 Å². The molecule has 0 amide bonds. The highest BCUT2D eigenvalue weighted by Crippen LogP contribution is 2.28. The van der Waals surface area contributed by atoms with E-state index >= 15 is 0 Å². The second-order valence-electron chi connectivity index (χ2n) is 3.70. The van der Waals surface area contributed by atoms with Crippen molar-refractivity contribution in [1.29, 1.82) is 0 Å². The summed E-state index contributed by atoms with van der Waals surface area (Å²) in [6.07, 6.45) is 0. The van der Waals surface area contributed by atoms with E-state index in [0.717, 1.165) is 6.07 Å². The molecule has 2 N–H and O–H groups in total. The molecular formula is C13H10BrF2NO. The lowest BCUT2D eigenvalue weighted by Crippen LogP contribution is -2.03. The van der Waals surface area contributed by atoms with E-state index in [4.69, 9.17) is 0 Å². The number of hydrogen-bond acceptors (Lipinski definition) is 2. The first-order valence-electron chi connectivity index (χ1n) is 5.24. The minimum Gasteiger partial charge on any atom is -0.506 e. The van der Waals surface area contributed by atoms with Crippen molar-refractivity contribution in [2.45, 2.75) is 6.54 Å². The molecule has 0 spiro atoms. The SMILES string of the molecule is Oc1c(Br)cccc1CNc1cccc(F)c1F. The van der Waals surface area contributed by atoms with Crippen LogP contribution in [0.1, 0.15) is 5.56 Å². The number of halogens is 3. The number of aromatic hydroxyl groups is 1. The molecule has 2 nitrogen and oxygen atoms in total. The highest BCUT2D eigenvalue weighted by atomic mass is 79.9. The molecule has 0 radical (unpaired) electrons. The molecule has 0 atom stereocenters. The fourth-order valence-electron chi connectivity index (χ4n) is 1.53. The van der Waals surface area contributed by atoms with E-state index in [1.165, 1.54) is 12.1 Å². The Morgan fingerprint density at radius 1 is 1.11 bits per heavy atom. The van der Waals surface area contributed by atoms with Crippen molar-refractivity contribution >= 4 is 21.6 Å². The summed E-state index contributed by atoms with van der Waals surface area (Å²) in [7, 11) is 0. The van der Waals surface area contributed by atoms with E-state index in [-0.39, 0.29) is 18.0 Å². The Labute approximate surface area is 111 Å². The molecule has 0 saturated heterocycles. The van der Waals surface area contributed by atoms with Gasteiger partial charge in [-0.15, -0.1) is 0 Å². The van der Waals surface area contributed by atoms with Crippen LogP contribution in [-0.4, -0.2) is 5.11 Å². The van der Waals surface area contributed by atoms with Crippen molar-refractivity contribution in [3.8, 4) is 5.75 Å². The summed E-state index contributed by atoms with van der Waals surface area (Å²) >= 11 is 3.19. The van der Waals surface area contributed by atoms with Crippen molar-refractivity contribution in [2.24, 2.45) is 0 Å². The summed E-state index contributed by atoms with van der Waals surface area (Å²) in [5.74, 6) is -1.74. The number of rotatable bonds is 3. The van der Waals surface area contributed by atoms with Gasteiger partial charge in [0.15, 0.2) is 11.6 Å². The highest BCUT2D eigenvalue weighted by molar-refractivity contribution is 9.10. The smallest absolute Gasteiger partial charge is 0.181 e. The van der Waals surface area contributed by atoms with Crippen LogP contribution in [0.3, 0.4) is 0 Å². The fraction of sp³-hybridized carbons (Fsp3) is 0.0769. The zero-order valence-electron chi connectivity index (χ0n) is 9.25. The van der Waals surface area contributed by atoms with Crippen LogP contribution in [0, 0.1) is 11.6 Å². The predicted molar refractivity (Wildman–Crippen MR) is 69.5 cm³/mol. The Morgan fingerprint density at radius 2 is 1.83 bits per heavy atom. The van der Waals surface area contributed by atoms with Crippen LogP contribution in [0.2, 0.25) is 0 Å². The van der Waals surface area contributed by atoms with Crippen LogP contribution >= 0.6 is 15.9 Å². The maximum absolute atomic E-state index is 13.4. The Hall–Kier alpha value is -1.62. The molecule has 94 valence electrons. The number of phenols is 1. The third-order valence-electron chi connectivity index (χ3n) is 2.49. The summed E-state index contributed by atoms with van der Waals surface area (Å²) in [6, 6.07) is 9.06. The predicted octanol–water partition coefficient (Wildman–Crippen LogP) is 4.05. The van der Waals surface area contributed by atoms with Gasteiger partial charge < -0.3 is 10.4 Å². The van der Waals surface area contributed by atoms with Gasteiger partial charge in [0.25, 0.3) is 0 Å². The molecule has 0 aromatic heterocycles. The van der Waals surface area contributed by atoms with Crippen LogP contribution in [0.25, 0.3) is 0 Å². The molecule has 0 aliphatic carbocycles. The molecular weight excluding hydrogens is 304 g/mol. The molecule has 2 aromatic rings. The van der Waals surface area contributed by atoms with Gasteiger partial charge in [-0.3, -0.25) is 0 Å². The second kappa shape index (κ2) is 5.35. The molecule has 0 bridgehead atoms. The molecule has 5 heteroatoms. The Morgan fingerprint density at radius 3 is 2.61 bits per heavy atom. The minimum absolute atomic E-state index is 0.0642. The first-order chi connectivity index (χ1) is 8.59. The third kappa shape index (κ3) is 2.61. The van der Waals surface area contributed by atoms with Crippen molar-refractivity contribution in [3.63, 3.8) is 0 Å². The standard InChI is InChI=1S/C13H10BrF2NO/c14-9-4-1-3-8(13(9)18)7-17-11-6-2-5-10(15)12(11)16/h1-6,17-18H,7H2. The van der Waals surface area contributed by atoms with Crippen molar-refractivity contribution in [3.05, 3.63) is 58.1 Å². The maximum Gasteiger partial charge on any atom is 0.181 e. The topological polar surface area (TPSA) is 32.3 Å². The maximum atomic E-state index is 13.4. The largest absolute Gasteiger partial charge is 0.506 e. The average Bonchev–Trinajstić information content (AvgIpc) is 2.36. The Balaban J connectivity index is 2.17. The van der Waals surface area contributed by atoms with Gasteiger partial charge in [0.1, 0.15) is 5.75 Å². The summed E-state index contributed by atoms with van der Waals surface area (Å²) in [4.78, 5) is 0. The van der Waals surface area contributed by atoms with E-state index in [1.807, 2.05) is 0 Å². The van der Waals surface area contributed by atoms with Crippen LogP contribution in [0.5, 0.6) is 5.75 Å². The van der Waals surface area contributed by atoms with E-state index in [9.17, 15) is 13.9 Å². The van der Waals surface area contributed by atoms with Crippen LogP contribution in [-0.2, 0) is 6.54 Å². The number of phenolic OH excluding ortho intramolecular Hbond substituents is 1. The minimum atomic E-state index is -0.924. The zero-order valence-corrected chi connectivity index (χ0v) is 10.8. The molecule has 0 heterocycles. The van der Waals surface area contributed by atoms with Gasteiger partial charge in [0.2, 0.25) is 0 Å². The van der Waals surface area contributed by atoms with Crippen LogP contribution in [0.4, 0.5) is 14.5 Å². The van der Waals surface area contributed by atoms with Gasteiger partial charge in [-0.05, 0) is 34.1 Å². The van der Waals surface area contributed by atoms with Crippen LogP contribution < -0.4 is 5.32 Å². The van der Waals surface area contributed by atoms with Crippen molar-refractivity contribution < 1.29 is 13.9 Å². The Kier molecular flexibility index (Phi) is 3.81. The quantitative estimate of drug-likeness (QED) is 0.896. The van der Waals surface area contributed by atoms with E-state index in [0.29, 0.717) is 10.0 Å². The van der Waals surface area contributed by atoms with E-state index in [1.54, 1.807) is 18.2 Å². The number of anilines is 1. The Bertz CT molecular complexity index is 523. The van der Waals surface area contributed by atoms with Gasteiger partial charge in [0.05, 0.1) is 10.2 Å². The second-order valence-corrected chi connectivity index (χ2v) is 4.56. The summed E-state index contributed by atoms with van der Waals surface area (Å²) in [5, 5.41) is 12.5. The monoisotopic (exact) mass is 313 g/mol. The molecule has 0 aliphatic rings. The number of hydrogen-bond donors (Lipinski definition) is 2. The van der Waals surface area contributed by atoms with Gasteiger partial charge in [-0.25, -0.2) is 8.78 Å². The van der Waals surface area contributed by atoms with Crippen molar-refractivity contribution in [2.75, 3.05) is 5.32 Å².